The van der Waals surface area contributed by atoms with Gasteiger partial charge in [0.25, 0.3) is 11.8 Å². The number of carbonyl (C=O) groups excluding carboxylic acids is 5. The van der Waals surface area contributed by atoms with Gasteiger partial charge in [0.15, 0.2) is 0 Å². The molecule has 0 aliphatic heterocycles. The number of Topliss-reactive ketones (excluding diaryl/α,β-unsaturated/α-hetero) is 1. The molecule has 11 nitrogen and oxygen atoms in total. The maximum Gasteiger partial charge on any atom is 0.405 e. The third-order valence-electron chi connectivity index (χ3n) is 7.88. The normalized spacial score (nSPS) is 13.4. The summed E-state index contributed by atoms with van der Waals surface area (Å²) >= 11 is 5.83. The fourth-order valence-corrected chi connectivity index (χ4v) is 5.18. The van der Waals surface area contributed by atoms with Crippen LogP contribution in [0.2, 0.25) is 5.02 Å². The van der Waals surface area contributed by atoms with Crippen molar-refractivity contribution in [1.29, 1.82) is 5.26 Å². The number of halogens is 8. The molecule has 4 amide bonds. The van der Waals surface area contributed by atoms with Crippen LogP contribution in [0.15, 0.2) is 72.8 Å². The van der Waals surface area contributed by atoms with Gasteiger partial charge in [-0.2, -0.15) is 36.0 Å². The van der Waals surface area contributed by atoms with Gasteiger partial charge in [-0.15, -0.1) is 0 Å². The Balaban J connectivity index is 2.02. The predicted octanol–water partition coefficient (Wildman–Crippen LogP) is 4.92. The first-order chi connectivity index (χ1) is 25.6. The number of nitrogens with one attached hydrogen (secondary N) is 4. The average molecular weight is 800 g/mol. The lowest BCUT2D eigenvalue weighted by molar-refractivity contribution is -0.165. The molecule has 0 heterocycles. The van der Waals surface area contributed by atoms with Gasteiger partial charge in [0.2, 0.25) is 17.6 Å². The minimum Gasteiger partial charge on any atom is -0.497 e. The number of ether oxygens (including phenoxy) is 1. The van der Waals surface area contributed by atoms with E-state index < -0.39 is 90.0 Å². The number of amides is 4. The molecular formula is C36H33ClF7N5O6. The van der Waals surface area contributed by atoms with Crippen LogP contribution in [0.25, 0.3) is 0 Å². The van der Waals surface area contributed by atoms with Crippen molar-refractivity contribution in [2.75, 3.05) is 13.7 Å². The van der Waals surface area contributed by atoms with Crippen molar-refractivity contribution in [3.63, 3.8) is 0 Å². The Kier molecular flexibility index (Phi) is 14.4. The standard InChI is InChI=1S/C36H33ClF7N5O6/c1-19(2)27(29(50)36(43,44)32(53)46-18-34(38,39)40)48-31(52)28(22-10-12-25(55-3)13-11-22)49-30(51)26(15-20-6-4-7-21(14-20)17-45)47-33(54)35(41,42)23-8-5-9-24(37)16-23/h4-14,16,19,26-28H,15,18H2,1-3H3,(H,46,53)(H,47,54)(H,48,52)(H,49,51)/t26?,27-,28?/m0/s1. The summed E-state index contributed by atoms with van der Waals surface area (Å²) in [5.74, 6) is -19.7. The van der Waals surface area contributed by atoms with Crippen molar-refractivity contribution in [2.24, 2.45) is 5.92 Å². The molecule has 3 rings (SSSR count). The van der Waals surface area contributed by atoms with Crippen LogP contribution in [0.4, 0.5) is 30.7 Å². The molecule has 0 saturated heterocycles. The molecule has 55 heavy (non-hydrogen) atoms. The van der Waals surface area contributed by atoms with Crippen LogP contribution in [0.1, 0.15) is 42.1 Å². The largest absolute Gasteiger partial charge is 0.497 e. The Morgan fingerprint density at radius 3 is 2.02 bits per heavy atom. The summed E-state index contributed by atoms with van der Waals surface area (Å²) in [7, 11) is 1.30. The van der Waals surface area contributed by atoms with E-state index in [1.54, 1.807) is 0 Å². The van der Waals surface area contributed by atoms with Gasteiger partial charge < -0.3 is 26.0 Å². The molecule has 0 spiro atoms. The zero-order valence-electron chi connectivity index (χ0n) is 29.1. The number of hydrogen-bond donors (Lipinski definition) is 4. The first-order valence-corrected chi connectivity index (χ1v) is 16.4. The number of ketones is 1. The fraction of sp³-hybridized carbons (Fsp3) is 0.333. The first-order valence-electron chi connectivity index (χ1n) is 16.1. The highest BCUT2D eigenvalue weighted by Crippen LogP contribution is 2.30. The molecule has 3 aromatic carbocycles. The molecular weight excluding hydrogens is 767 g/mol. The summed E-state index contributed by atoms with van der Waals surface area (Å²) in [4.78, 5) is 65.7. The minimum atomic E-state index is -5.09. The number of nitrogens with zero attached hydrogens (tertiary/aromatic N) is 1. The number of carbonyl (C=O) groups is 5. The van der Waals surface area contributed by atoms with Crippen molar-refractivity contribution >= 4 is 41.0 Å². The number of nitriles is 1. The van der Waals surface area contributed by atoms with Crippen LogP contribution in [-0.4, -0.2) is 67.2 Å². The Morgan fingerprint density at radius 1 is 0.818 bits per heavy atom. The van der Waals surface area contributed by atoms with Gasteiger partial charge in [-0.1, -0.05) is 61.8 Å². The molecule has 0 aliphatic carbocycles. The number of benzene rings is 3. The number of hydrogen-bond acceptors (Lipinski definition) is 7. The summed E-state index contributed by atoms with van der Waals surface area (Å²) in [5, 5.41) is 16.4. The van der Waals surface area contributed by atoms with Crippen molar-refractivity contribution in [1.82, 2.24) is 21.3 Å². The van der Waals surface area contributed by atoms with E-state index in [4.69, 9.17) is 16.3 Å². The van der Waals surface area contributed by atoms with Gasteiger partial charge in [-0.05, 0) is 53.4 Å². The van der Waals surface area contributed by atoms with E-state index in [-0.39, 0.29) is 27.5 Å². The third kappa shape index (κ3) is 11.6. The Hall–Kier alpha value is -5.70. The molecule has 2 unspecified atom stereocenters. The fourth-order valence-electron chi connectivity index (χ4n) is 4.99. The second-order valence-electron chi connectivity index (χ2n) is 12.3. The summed E-state index contributed by atoms with van der Waals surface area (Å²) in [6.45, 7) is 0.172. The summed E-state index contributed by atoms with van der Waals surface area (Å²) < 4.78 is 103. The molecule has 0 bridgehead atoms. The smallest absolute Gasteiger partial charge is 0.405 e. The molecule has 3 atom stereocenters. The zero-order chi connectivity index (χ0) is 41.3. The summed E-state index contributed by atoms with van der Waals surface area (Å²) in [6.07, 6.45) is -5.62. The van der Waals surface area contributed by atoms with Gasteiger partial charge in [0.05, 0.1) is 24.8 Å². The van der Waals surface area contributed by atoms with Crippen LogP contribution in [0, 0.1) is 17.2 Å². The second kappa shape index (κ2) is 18.1. The molecule has 4 N–H and O–H groups in total. The van der Waals surface area contributed by atoms with E-state index in [1.807, 2.05) is 16.7 Å². The van der Waals surface area contributed by atoms with Crippen molar-refractivity contribution < 1.29 is 59.4 Å². The highest BCUT2D eigenvalue weighted by Gasteiger charge is 2.52. The second-order valence-corrected chi connectivity index (χ2v) is 12.7. The number of methoxy groups -OCH3 is 1. The van der Waals surface area contributed by atoms with Crippen LogP contribution in [0.3, 0.4) is 0 Å². The average Bonchev–Trinajstić information content (AvgIpc) is 3.13. The molecule has 3 aromatic rings. The summed E-state index contributed by atoms with van der Waals surface area (Å²) in [6, 6.07) is 10.7. The molecule has 19 heteroatoms. The van der Waals surface area contributed by atoms with Crippen LogP contribution in [0.5, 0.6) is 5.75 Å². The van der Waals surface area contributed by atoms with Crippen LogP contribution < -0.4 is 26.0 Å². The van der Waals surface area contributed by atoms with Gasteiger partial charge in [0, 0.05) is 17.0 Å². The predicted molar refractivity (Wildman–Crippen MR) is 182 cm³/mol. The quantitative estimate of drug-likeness (QED) is 0.118. The zero-order valence-corrected chi connectivity index (χ0v) is 29.8. The lowest BCUT2D eigenvalue weighted by Crippen LogP contribution is -2.59. The molecule has 0 aromatic heterocycles. The van der Waals surface area contributed by atoms with Gasteiger partial charge in [-0.25, -0.2) is 0 Å². The monoisotopic (exact) mass is 799 g/mol. The lowest BCUT2D eigenvalue weighted by Gasteiger charge is -2.29. The van der Waals surface area contributed by atoms with Gasteiger partial charge in [0.1, 0.15) is 24.4 Å². The van der Waals surface area contributed by atoms with E-state index in [0.29, 0.717) is 0 Å². The topological polar surface area (TPSA) is 166 Å². The Labute approximate surface area is 314 Å². The first kappa shape index (κ1) is 43.7. The minimum absolute atomic E-state index is 0.0860. The van der Waals surface area contributed by atoms with Crippen LogP contribution in [-0.2, 0) is 36.3 Å². The van der Waals surface area contributed by atoms with Gasteiger partial charge >= 0.3 is 18.0 Å². The van der Waals surface area contributed by atoms with Crippen molar-refractivity contribution in [3.05, 3.63) is 100 Å². The molecule has 0 saturated carbocycles. The molecule has 294 valence electrons. The SMILES string of the molecule is COc1ccc(C(NC(=O)C(Cc2cccc(C#N)c2)NC(=O)C(F)(F)c2cccc(Cl)c2)C(=O)N[C@H](C(=O)C(F)(F)C(=O)NCC(F)(F)F)C(C)C)cc1. The highest BCUT2D eigenvalue weighted by molar-refractivity contribution is 6.30. The molecule has 0 radical (unpaired) electrons. The lowest BCUT2D eigenvalue weighted by atomic mass is 9.94. The van der Waals surface area contributed by atoms with E-state index in [1.165, 1.54) is 75.6 Å². The van der Waals surface area contributed by atoms with Crippen molar-refractivity contribution in [3.8, 4) is 11.8 Å². The molecule has 0 fully saturated rings. The van der Waals surface area contributed by atoms with Crippen LogP contribution >= 0.6 is 11.6 Å². The van der Waals surface area contributed by atoms with E-state index in [2.05, 4.69) is 5.32 Å². The van der Waals surface area contributed by atoms with Crippen molar-refractivity contribution in [2.45, 2.75) is 56.4 Å². The van der Waals surface area contributed by atoms with Gasteiger partial charge in [-0.3, -0.25) is 24.0 Å². The van der Waals surface area contributed by atoms with E-state index in [0.717, 1.165) is 23.5 Å². The third-order valence-corrected chi connectivity index (χ3v) is 8.11. The summed E-state index contributed by atoms with van der Waals surface area (Å²) in [5.41, 5.74) is -0.604. The Bertz CT molecular complexity index is 1940. The van der Waals surface area contributed by atoms with E-state index in [9.17, 15) is 51.2 Å². The number of alkyl halides is 7. The van der Waals surface area contributed by atoms with E-state index >= 15 is 8.78 Å². The number of rotatable bonds is 16. The maximum atomic E-state index is 15.4. The molecule has 0 aliphatic rings. The Morgan fingerprint density at radius 2 is 1.45 bits per heavy atom. The highest BCUT2D eigenvalue weighted by atomic mass is 35.5. The maximum absolute atomic E-state index is 15.4.